The van der Waals surface area contributed by atoms with E-state index in [1.807, 2.05) is 18.3 Å². The van der Waals surface area contributed by atoms with E-state index in [9.17, 15) is 0 Å². The molecule has 2 aliphatic heterocycles. The van der Waals surface area contributed by atoms with Gasteiger partial charge in [0.25, 0.3) is 0 Å². The van der Waals surface area contributed by atoms with Gasteiger partial charge in [0.1, 0.15) is 23.5 Å². The molecule has 3 N–H and O–H groups in total. The Labute approximate surface area is 193 Å². The Balaban J connectivity index is 1.36. The quantitative estimate of drug-likeness (QED) is 0.428. The summed E-state index contributed by atoms with van der Waals surface area (Å²) < 4.78 is 5.37. The zero-order valence-electron chi connectivity index (χ0n) is 18.8. The van der Waals surface area contributed by atoms with Gasteiger partial charge in [0.2, 0.25) is 0 Å². The minimum absolute atomic E-state index is 0.127. The molecule has 2 aliphatic rings. The minimum Gasteiger partial charge on any atom is -0.497 e. The fourth-order valence-electron chi connectivity index (χ4n) is 5.36. The lowest BCUT2D eigenvalue weighted by Gasteiger charge is -2.35. The van der Waals surface area contributed by atoms with Crippen LogP contribution in [0.4, 0.5) is 17.2 Å². The van der Waals surface area contributed by atoms with E-state index in [1.54, 1.807) is 13.4 Å². The minimum atomic E-state index is 0.127. The molecule has 168 valence electrons. The Morgan fingerprint density at radius 3 is 2.88 bits per heavy atom. The Morgan fingerprint density at radius 1 is 1.09 bits per heavy atom. The predicted molar refractivity (Wildman–Crippen MR) is 131 cm³/mol. The summed E-state index contributed by atoms with van der Waals surface area (Å²) in [5.74, 6) is 1.86. The Hall–Kier alpha value is -3.58. The van der Waals surface area contributed by atoms with Crippen molar-refractivity contribution in [3.63, 3.8) is 0 Å². The summed E-state index contributed by atoms with van der Waals surface area (Å²) in [6, 6.07) is 17.1. The number of aromatic amines is 1. The second-order valence-electron chi connectivity index (χ2n) is 8.99. The van der Waals surface area contributed by atoms with Gasteiger partial charge in [0.05, 0.1) is 12.5 Å². The van der Waals surface area contributed by atoms with Crippen LogP contribution < -0.4 is 20.3 Å². The van der Waals surface area contributed by atoms with Crippen molar-refractivity contribution in [3.8, 4) is 5.75 Å². The first kappa shape index (κ1) is 20.1. The van der Waals surface area contributed by atoms with Crippen LogP contribution in [0, 0.1) is 0 Å². The monoisotopic (exact) mass is 440 g/mol. The number of ether oxygens (including phenoxy) is 1. The van der Waals surface area contributed by atoms with Crippen LogP contribution in [0.2, 0.25) is 0 Å². The summed E-state index contributed by atoms with van der Waals surface area (Å²) in [6.07, 6.45) is 5.84. The lowest BCUT2D eigenvalue weighted by atomic mass is 9.74. The fourth-order valence-corrected chi connectivity index (χ4v) is 5.36. The summed E-state index contributed by atoms with van der Waals surface area (Å²) in [5.41, 5.74) is 6.02. The molecule has 6 rings (SSSR count). The van der Waals surface area contributed by atoms with Crippen molar-refractivity contribution in [1.82, 2.24) is 20.3 Å². The number of nitrogens with zero attached hydrogens (tertiary/aromatic N) is 3. The van der Waals surface area contributed by atoms with Crippen molar-refractivity contribution in [2.24, 2.45) is 0 Å². The maximum Gasteiger partial charge on any atom is 0.145 e. The molecule has 7 heteroatoms. The molecule has 0 atom stereocenters. The number of fused-ring (bicyclic) bond motifs is 3. The summed E-state index contributed by atoms with van der Waals surface area (Å²) in [7, 11) is 1.70. The molecule has 0 radical (unpaired) electrons. The van der Waals surface area contributed by atoms with Gasteiger partial charge >= 0.3 is 0 Å². The van der Waals surface area contributed by atoms with Crippen LogP contribution in [0.15, 0.2) is 61.1 Å². The molecule has 4 aromatic rings. The van der Waals surface area contributed by atoms with E-state index in [0.717, 1.165) is 67.3 Å². The molecule has 2 aromatic carbocycles. The smallest absolute Gasteiger partial charge is 0.145 e. The van der Waals surface area contributed by atoms with Crippen molar-refractivity contribution >= 4 is 28.2 Å². The van der Waals surface area contributed by atoms with Gasteiger partial charge in [-0.3, -0.25) is 0 Å². The summed E-state index contributed by atoms with van der Waals surface area (Å²) in [5, 5.41) is 8.23. The van der Waals surface area contributed by atoms with Crippen molar-refractivity contribution in [2.45, 2.75) is 24.8 Å². The number of methoxy groups -OCH3 is 1. The first-order chi connectivity index (χ1) is 16.3. The van der Waals surface area contributed by atoms with Gasteiger partial charge in [-0.1, -0.05) is 12.1 Å². The Kier molecular flexibility index (Phi) is 4.91. The molecule has 0 aliphatic carbocycles. The molecule has 0 unspecified atom stereocenters. The molecule has 0 bridgehead atoms. The zero-order valence-corrected chi connectivity index (χ0v) is 18.8. The molecule has 2 aromatic heterocycles. The van der Waals surface area contributed by atoms with E-state index < -0.39 is 0 Å². The second kappa shape index (κ2) is 8.08. The molecular weight excluding hydrogens is 412 g/mol. The fraction of sp³-hybridized carbons (Fsp3) is 0.308. The highest BCUT2D eigenvalue weighted by molar-refractivity contribution is 5.91. The largest absolute Gasteiger partial charge is 0.497 e. The number of H-pyrrole nitrogens is 1. The summed E-state index contributed by atoms with van der Waals surface area (Å²) in [6.45, 7) is 3.78. The summed E-state index contributed by atoms with van der Waals surface area (Å²) >= 11 is 0. The van der Waals surface area contributed by atoms with Gasteiger partial charge in [-0.25, -0.2) is 9.97 Å². The standard InChI is InChI=1S/C26H28N6O/c1-33-20-4-2-3-18(13-20)15-29-19-5-6-23-22(14-19)26(8-11-27-12-9-26)16-32(23)25-21-7-10-28-24(21)30-17-31-25/h2-7,10,13-14,17,27,29H,8-9,11-12,15-16H2,1H3,(H,28,30,31). The van der Waals surface area contributed by atoms with Crippen LogP contribution in [-0.2, 0) is 12.0 Å². The molecule has 1 saturated heterocycles. The number of benzene rings is 2. The van der Waals surface area contributed by atoms with Crippen LogP contribution >= 0.6 is 0 Å². The van der Waals surface area contributed by atoms with Crippen LogP contribution in [0.1, 0.15) is 24.0 Å². The highest BCUT2D eigenvalue weighted by atomic mass is 16.5. The third-order valence-corrected chi connectivity index (χ3v) is 7.10. The molecule has 0 amide bonds. The number of aromatic nitrogens is 3. The van der Waals surface area contributed by atoms with Crippen LogP contribution in [0.3, 0.4) is 0 Å². The molecule has 7 nitrogen and oxygen atoms in total. The van der Waals surface area contributed by atoms with Crippen molar-refractivity contribution in [2.75, 3.05) is 37.0 Å². The molecule has 4 heterocycles. The average Bonchev–Trinajstić information content (AvgIpc) is 3.47. The maximum atomic E-state index is 5.37. The number of hydrogen-bond acceptors (Lipinski definition) is 6. The lowest BCUT2D eigenvalue weighted by molar-refractivity contribution is 0.329. The molecule has 1 fully saturated rings. The highest BCUT2D eigenvalue weighted by Crippen LogP contribution is 2.50. The number of rotatable bonds is 5. The molecule has 1 spiro atoms. The van der Waals surface area contributed by atoms with E-state index in [1.165, 1.54) is 16.8 Å². The zero-order chi connectivity index (χ0) is 22.3. The third-order valence-electron chi connectivity index (χ3n) is 7.10. The van der Waals surface area contributed by atoms with Gasteiger partial charge in [-0.05, 0) is 73.5 Å². The van der Waals surface area contributed by atoms with Gasteiger partial charge < -0.3 is 25.3 Å². The van der Waals surface area contributed by atoms with Gasteiger partial charge in [-0.15, -0.1) is 0 Å². The number of nitrogens with one attached hydrogen (secondary N) is 3. The van der Waals surface area contributed by atoms with E-state index in [-0.39, 0.29) is 5.41 Å². The SMILES string of the molecule is COc1cccc(CNc2ccc3c(c2)C2(CCNCC2)CN3c2ncnc3[nH]ccc23)c1. The predicted octanol–water partition coefficient (Wildman–Crippen LogP) is 4.35. The Bertz CT molecular complexity index is 1290. The van der Waals surface area contributed by atoms with Crippen LogP contribution in [-0.4, -0.2) is 41.7 Å². The van der Waals surface area contributed by atoms with Gasteiger partial charge in [0.15, 0.2) is 0 Å². The highest BCUT2D eigenvalue weighted by Gasteiger charge is 2.44. The van der Waals surface area contributed by atoms with E-state index in [2.05, 4.69) is 61.9 Å². The van der Waals surface area contributed by atoms with Gasteiger partial charge in [-0.2, -0.15) is 0 Å². The van der Waals surface area contributed by atoms with Crippen molar-refractivity contribution in [3.05, 3.63) is 72.2 Å². The van der Waals surface area contributed by atoms with E-state index in [0.29, 0.717) is 0 Å². The van der Waals surface area contributed by atoms with Crippen LogP contribution in [0.5, 0.6) is 5.75 Å². The maximum absolute atomic E-state index is 5.37. The topological polar surface area (TPSA) is 78.1 Å². The first-order valence-corrected chi connectivity index (χ1v) is 11.5. The number of hydrogen-bond donors (Lipinski definition) is 3. The van der Waals surface area contributed by atoms with Crippen molar-refractivity contribution < 1.29 is 4.74 Å². The normalized spacial score (nSPS) is 16.8. The Morgan fingerprint density at radius 2 is 2.00 bits per heavy atom. The number of anilines is 3. The average molecular weight is 441 g/mol. The summed E-state index contributed by atoms with van der Waals surface area (Å²) in [4.78, 5) is 14.7. The van der Waals surface area contributed by atoms with Crippen molar-refractivity contribution in [1.29, 1.82) is 0 Å². The molecular formula is C26H28N6O. The first-order valence-electron chi connectivity index (χ1n) is 11.5. The second-order valence-corrected chi connectivity index (χ2v) is 8.99. The lowest BCUT2D eigenvalue weighted by Crippen LogP contribution is -2.42. The molecule has 33 heavy (non-hydrogen) atoms. The van der Waals surface area contributed by atoms with Crippen LogP contribution in [0.25, 0.3) is 11.0 Å². The van der Waals surface area contributed by atoms with E-state index >= 15 is 0 Å². The number of piperidine rings is 1. The third kappa shape index (κ3) is 3.49. The van der Waals surface area contributed by atoms with E-state index in [4.69, 9.17) is 9.72 Å². The van der Waals surface area contributed by atoms with Gasteiger partial charge in [0, 0.05) is 36.1 Å². The molecule has 0 saturated carbocycles.